The molecule has 0 amide bonds. The molecular formula is C25H24FN3S. The lowest BCUT2D eigenvalue weighted by Crippen LogP contribution is -2.06. The van der Waals surface area contributed by atoms with Crippen molar-refractivity contribution < 1.29 is 4.39 Å². The smallest absolute Gasteiger partial charge is 0.134 e. The van der Waals surface area contributed by atoms with Crippen LogP contribution in [0.4, 0.5) is 4.39 Å². The van der Waals surface area contributed by atoms with Crippen LogP contribution in [-0.2, 0) is 6.42 Å². The molecule has 0 atom stereocenters. The molecule has 30 heavy (non-hydrogen) atoms. The number of nitrogens with zero attached hydrogens (tertiary/aromatic N) is 2. The number of halogens is 1. The maximum absolute atomic E-state index is 15.0. The van der Waals surface area contributed by atoms with Gasteiger partial charge in [-0.3, -0.25) is 0 Å². The third kappa shape index (κ3) is 3.50. The monoisotopic (exact) mass is 417 g/mol. The van der Waals surface area contributed by atoms with Gasteiger partial charge in [0, 0.05) is 34.5 Å². The highest BCUT2D eigenvalue weighted by molar-refractivity contribution is 7.97. The minimum Gasteiger partial charge on any atom is -0.330 e. The average Bonchev–Trinajstić information content (AvgIpc) is 3.14. The van der Waals surface area contributed by atoms with Gasteiger partial charge in [-0.1, -0.05) is 67.9 Å². The molecule has 152 valence electrons. The van der Waals surface area contributed by atoms with Crippen molar-refractivity contribution in [3.05, 3.63) is 89.8 Å². The van der Waals surface area contributed by atoms with Gasteiger partial charge in [-0.25, -0.2) is 9.07 Å². The second-order valence-corrected chi connectivity index (χ2v) is 7.80. The Labute approximate surface area is 180 Å². The first kappa shape index (κ1) is 20.2. The van der Waals surface area contributed by atoms with E-state index in [1.54, 1.807) is 6.07 Å². The summed E-state index contributed by atoms with van der Waals surface area (Å²) in [5, 5.41) is 6.01. The molecule has 4 rings (SSSR count). The summed E-state index contributed by atoms with van der Waals surface area (Å²) in [5.41, 5.74) is 6.91. The van der Waals surface area contributed by atoms with E-state index < -0.39 is 0 Å². The maximum Gasteiger partial charge on any atom is 0.134 e. The van der Waals surface area contributed by atoms with Crippen LogP contribution in [0.3, 0.4) is 0 Å². The van der Waals surface area contributed by atoms with Gasteiger partial charge < -0.3 is 4.72 Å². The normalized spacial score (nSPS) is 11.1. The van der Waals surface area contributed by atoms with Crippen LogP contribution in [0.15, 0.2) is 67.2 Å². The number of hydrogen-bond donors (Lipinski definition) is 1. The second kappa shape index (κ2) is 8.36. The zero-order valence-corrected chi connectivity index (χ0v) is 18.2. The van der Waals surface area contributed by atoms with E-state index in [9.17, 15) is 4.39 Å². The maximum atomic E-state index is 15.0. The molecule has 0 saturated heterocycles. The summed E-state index contributed by atoms with van der Waals surface area (Å²) in [4.78, 5) is 0. The van der Waals surface area contributed by atoms with Crippen molar-refractivity contribution >= 4 is 28.5 Å². The van der Waals surface area contributed by atoms with E-state index in [0.29, 0.717) is 11.3 Å². The Morgan fingerprint density at radius 2 is 1.87 bits per heavy atom. The zero-order chi connectivity index (χ0) is 21.3. The van der Waals surface area contributed by atoms with Gasteiger partial charge in [0.25, 0.3) is 0 Å². The number of rotatable bonds is 6. The molecule has 0 spiro atoms. The standard InChI is InChI=1S/C25H24FN3S/c1-5-18-10-6-7-11-19(18)25-20-12-8-9-13-23(20)29(27-25)24-15-22(26)21(14-16(24)2)17(3)28-30-4/h6-15,28H,3,5H2,1-2,4H3. The van der Waals surface area contributed by atoms with Crippen molar-refractivity contribution in [3.63, 3.8) is 0 Å². The van der Waals surface area contributed by atoms with Crippen LogP contribution in [0.2, 0.25) is 0 Å². The highest BCUT2D eigenvalue weighted by atomic mass is 32.2. The van der Waals surface area contributed by atoms with Crippen LogP contribution in [0.1, 0.15) is 23.6 Å². The minimum atomic E-state index is -0.322. The van der Waals surface area contributed by atoms with Gasteiger partial charge in [-0.05, 0) is 36.6 Å². The molecule has 0 aliphatic heterocycles. The lowest BCUT2D eigenvalue weighted by molar-refractivity contribution is 0.621. The van der Waals surface area contributed by atoms with Crippen LogP contribution < -0.4 is 4.72 Å². The van der Waals surface area contributed by atoms with Gasteiger partial charge in [-0.2, -0.15) is 5.10 Å². The molecule has 0 saturated carbocycles. The molecule has 4 aromatic rings. The van der Waals surface area contributed by atoms with Gasteiger partial charge in [0.05, 0.1) is 11.2 Å². The molecule has 3 aromatic carbocycles. The summed E-state index contributed by atoms with van der Waals surface area (Å²) in [5.74, 6) is -0.322. The molecule has 1 heterocycles. The van der Waals surface area contributed by atoms with Gasteiger partial charge in [-0.15, -0.1) is 0 Å². The third-order valence-electron chi connectivity index (χ3n) is 5.30. The summed E-state index contributed by atoms with van der Waals surface area (Å²) in [6, 6.07) is 19.8. The molecule has 0 bridgehead atoms. The Morgan fingerprint density at radius 3 is 2.63 bits per heavy atom. The Balaban J connectivity index is 1.93. The topological polar surface area (TPSA) is 29.9 Å². The fourth-order valence-corrected chi connectivity index (χ4v) is 4.17. The Morgan fingerprint density at radius 1 is 1.13 bits per heavy atom. The third-order valence-corrected chi connectivity index (χ3v) is 5.76. The van der Waals surface area contributed by atoms with Crippen LogP contribution >= 0.6 is 11.9 Å². The highest BCUT2D eigenvalue weighted by Crippen LogP contribution is 2.33. The van der Waals surface area contributed by atoms with Crippen LogP contribution in [0.5, 0.6) is 0 Å². The Hall–Kier alpha value is -3.05. The van der Waals surface area contributed by atoms with Crippen LogP contribution in [-0.4, -0.2) is 16.0 Å². The van der Waals surface area contributed by atoms with Crippen LogP contribution in [0, 0.1) is 12.7 Å². The van der Waals surface area contributed by atoms with Crippen molar-refractivity contribution in [2.75, 3.05) is 6.26 Å². The summed E-state index contributed by atoms with van der Waals surface area (Å²) in [6.07, 6.45) is 2.81. The molecule has 1 aromatic heterocycles. The van der Waals surface area contributed by atoms with Crippen molar-refractivity contribution in [2.24, 2.45) is 0 Å². The second-order valence-electron chi connectivity index (χ2n) is 7.19. The van der Waals surface area contributed by atoms with E-state index in [2.05, 4.69) is 42.5 Å². The predicted octanol–water partition coefficient (Wildman–Crippen LogP) is 6.54. The van der Waals surface area contributed by atoms with E-state index in [-0.39, 0.29) is 5.82 Å². The lowest BCUT2D eigenvalue weighted by Gasteiger charge is -2.13. The first-order valence-electron chi connectivity index (χ1n) is 9.90. The summed E-state index contributed by atoms with van der Waals surface area (Å²) in [6.45, 7) is 8.06. The number of fused-ring (bicyclic) bond motifs is 1. The fourth-order valence-electron chi connectivity index (χ4n) is 3.82. The number of para-hydroxylation sites is 1. The van der Waals surface area contributed by atoms with E-state index >= 15 is 0 Å². The van der Waals surface area contributed by atoms with Crippen molar-refractivity contribution in [2.45, 2.75) is 20.3 Å². The van der Waals surface area contributed by atoms with E-state index in [0.717, 1.165) is 39.8 Å². The minimum absolute atomic E-state index is 0.322. The quantitative estimate of drug-likeness (QED) is 0.361. The number of benzene rings is 3. The summed E-state index contributed by atoms with van der Waals surface area (Å²) in [7, 11) is 0. The molecule has 0 radical (unpaired) electrons. The summed E-state index contributed by atoms with van der Waals surface area (Å²) < 4.78 is 19.9. The molecule has 0 aliphatic carbocycles. The molecular weight excluding hydrogens is 393 g/mol. The first-order chi connectivity index (χ1) is 14.5. The number of nitrogens with one attached hydrogen (secondary N) is 1. The van der Waals surface area contributed by atoms with Gasteiger partial charge in [0.15, 0.2) is 0 Å². The predicted molar refractivity (Wildman–Crippen MR) is 126 cm³/mol. The van der Waals surface area contributed by atoms with Crippen LogP contribution in [0.25, 0.3) is 33.5 Å². The molecule has 0 unspecified atom stereocenters. The van der Waals surface area contributed by atoms with Gasteiger partial charge in [0.1, 0.15) is 11.5 Å². The largest absolute Gasteiger partial charge is 0.330 e. The number of aromatic nitrogens is 2. The number of hydrogen-bond acceptors (Lipinski definition) is 3. The summed E-state index contributed by atoms with van der Waals surface area (Å²) >= 11 is 1.39. The van der Waals surface area contributed by atoms with E-state index in [1.165, 1.54) is 17.5 Å². The SMILES string of the molecule is C=C(NSC)c1cc(C)c(-n2nc(-c3ccccc3CC)c3ccccc32)cc1F. The Bertz CT molecular complexity index is 1240. The fraction of sp³-hybridized carbons (Fsp3) is 0.160. The van der Waals surface area contributed by atoms with E-state index in [1.807, 2.05) is 48.2 Å². The van der Waals surface area contributed by atoms with Gasteiger partial charge >= 0.3 is 0 Å². The number of aryl methyl sites for hydroxylation is 2. The molecule has 5 heteroatoms. The zero-order valence-electron chi connectivity index (χ0n) is 17.4. The van der Waals surface area contributed by atoms with Crippen molar-refractivity contribution in [1.82, 2.24) is 14.5 Å². The molecule has 3 nitrogen and oxygen atoms in total. The van der Waals surface area contributed by atoms with Crippen molar-refractivity contribution in [3.8, 4) is 16.9 Å². The molecule has 1 N–H and O–H groups in total. The average molecular weight is 418 g/mol. The Kier molecular flexibility index (Phi) is 5.64. The van der Waals surface area contributed by atoms with Crippen molar-refractivity contribution in [1.29, 1.82) is 0 Å². The molecule has 0 fully saturated rings. The van der Waals surface area contributed by atoms with Gasteiger partial charge in [0.2, 0.25) is 0 Å². The van der Waals surface area contributed by atoms with E-state index in [4.69, 9.17) is 5.10 Å². The molecule has 0 aliphatic rings. The lowest BCUT2D eigenvalue weighted by atomic mass is 10.0. The first-order valence-corrected chi connectivity index (χ1v) is 11.1. The highest BCUT2D eigenvalue weighted by Gasteiger charge is 2.18.